The third-order valence-corrected chi connectivity index (χ3v) is 5.27. The van der Waals surface area contributed by atoms with Crippen molar-refractivity contribution in [1.29, 1.82) is 0 Å². The fourth-order valence-corrected chi connectivity index (χ4v) is 3.48. The van der Waals surface area contributed by atoms with Crippen LogP contribution in [0.3, 0.4) is 0 Å². The van der Waals surface area contributed by atoms with E-state index in [0.717, 1.165) is 10.9 Å². The third-order valence-electron chi connectivity index (χ3n) is 5.27. The number of carbonyl (C=O) groups is 6. The van der Waals surface area contributed by atoms with Crippen LogP contribution in [0.4, 0.5) is 0 Å². The van der Waals surface area contributed by atoms with Gasteiger partial charge in [0, 0.05) is 29.9 Å². The molecule has 36 heavy (non-hydrogen) atoms. The highest BCUT2D eigenvalue weighted by Gasteiger charge is 2.31. The number of carboxylic acids is 1. The molecule has 5 amide bonds. The van der Waals surface area contributed by atoms with Gasteiger partial charge in [-0.05, 0) is 18.1 Å². The first-order valence-electron chi connectivity index (χ1n) is 11.0. The highest BCUT2D eigenvalue weighted by molar-refractivity contribution is 5.96. The molecule has 0 saturated carbocycles. The Kier molecular flexibility index (Phi) is 9.92. The Labute approximate surface area is 205 Å². The number of H-pyrrole nitrogens is 1. The minimum atomic E-state index is -1.55. The number of rotatable bonds is 14. The summed E-state index contributed by atoms with van der Waals surface area (Å²) < 4.78 is 0. The minimum Gasteiger partial charge on any atom is -0.480 e. The fourth-order valence-electron chi connectivity index (χ4n) is 3.48. The topological polar surface area (TPSA) is 253 Å². The van der Waals surface area contributed by atoms with Crippen LogP contribution in [-0.4, -0.2) is 70.3 Å². The number of para-hydroxylation sites is 1. The van der Waals surface area contributed by atoms with Gasteiger partial charge >= 0.3 is 5.97 Å². The molecule has 0 aliphatic carbocycles. The SMILES string of the molecule is NCC(=O)NC(CCC(N)=O)C(=O)NC(CC(N)=O)C(=O)NC(Cc1c[nH]c2ccccc12)C(=O)O. The fraction of sp³-hybridized carbons (Fsp3) is 0.364. The van der Waals surface area contributed by atoms with Crippen LogP contribution in [-0.2, 0) is 35.2 Å². The van der Waals surface area contributed by atoms with Gasteiger partial charge in [-0.3, -0.25) is 24.0 Å². The summed E-state index contributed by atoms with van der Waals surface area (Å²) >= 11 is 0. The Morgan fingerprint density at radius 1 is 0.889 bits per heavy atom. The lowest BCUT2D eigenvalue weighted by atomic mass is 10.0. The molecule has 0 bridgehead atoms. The zero-order valence-corrected chi connectivity index (χ0v) is 19.3. The maximum Gasteiger partial charge on any atom is 0.326 e. The van der Waals surface area contributed by atoms with E-state index >= 15 is 0 Å². The molecule has 0 aliphatic heterocycles. The molecule has 1 aromatic carbocycles. The summed E-state index contributed by atoms with van der Waals surface area (Å²) in [5, 5.41) is 17.3. The number of aromatic nitrogens is 1. The molecule has 3 atom stereocenters. The van der Waals surface area contributed by atoms with Gasteiger partial charge in [-0.25, -0.2) is 4.79 Å². The number of carboxylic acid groups (broad SMARTS) is 1. The standard InChI is InChI=1S/C22H29N7O7/c23-9-19(32)27-14(5-6-17(24)30)20(33)28-15(8-18(25)31)21(34)29-16(22(35)36)7-11-10-26-13-4-2-1-3-12(11)13/h1-4,10,14-16,26H,5-9,23H2,(H2,24,30)(H2,25,31)(H,27,32)(H,28,33)(H,29,34)(H,35,36). The van der Waals surface area contributed by atoms with E-state index in [9.17, 15) is 33.9 Å². The molecule has 0 fully saturated rings. The van der Waals surface area contributed by atoms with E-state index in [1.54, 1.807) is 18.3 Å². The number of aromatic amines is 1. The zero-order valence-electron chi connectivity index (χ0n) is 19.3. The van der Waals surface area contributed by atoms with Crippen molar-refractivity contribution < 1.29 is 33.9 Å². The average Bonchev–Trinajstić information content (AvgIpc) is 3.22. The van der Waals surface area contributed by atoms with Crippen LogP contribution < -0.4 is 33.2 Å². The smallest absolute Gasteiger partial charge is 0.326 e. The van der Waals surface area contributed by atoms with E-state index in [0.29, 0.717) is 5.56 Å². The minimum absolute atomic E-state index is 0.0872. The molecule has 2 aromatic rings. The lowest BCUT2D eigenvalue weighted by Crippen LogP contribution is -2.57. The summed E-state index contributed by atoms with van der Waals surface area (Å²) in [6.45, 7) is -0.445. The van der Waals surface area contributed by atoms with E-state index in [2.05, 4.69) is 20.9 Å². The monoisotopic (exact) mass is 503 g/mol. The molecular formula is C22H29N7O7. The Balaban J connectivity index is 2.18. The zero-order chi connectivity index (χ0) is 26.8. The van der Waals surface area contributed by atoms with Gasteiger partial charge in [-0.1, -0.05) is 18.2 Å². The molecule has 1 heterocycles. The van der Waals surface area contributed by atoms with E-state index in [-0.39, 0.29) is 19.3 Å². The summed E-state index contributed by atoms with van der Waals surface area (Å²) in [6.07, 6.45) is 0.427. The Morgan fingerprint density at radius 3 is 2.14 bits per heavy atom. The number of primary amides is 2. The number of hydrogen-bond donors (Lipinski definition) is 8. The molecule has 194 valence electrons. The molecule has 14 heteroatoms. The van der Waals surface area contributed by atoms with Crippen molar-refractivity contribution in [2.24, 2.45) is 17.2 Å². The lowest BCUT2D eigenvalue weighted by Gasteiger charge is -2.23. The first kappa shape index (κ1) is 27.8. The number of hydrogen-bond acceptors (Lipinski definition) is 7. The lowest BCUT2D eigenvalue weighted by molar-refractivity contribution is -0.142. The normalized spacial score (nSPS) is 13.2. The second-order valence-corrected chi connectivity index (χ2v) is 8.02. The Bertz CT molecular complexity index is 1150. The predicted molar refractivity (Wildman–Crippen MR) is 127 cm³/mol. The molecule has 0 spiro atoms. The van der Waals surface area contributed by atoms with Crippen LogP contribution in [0.25, 0.3) is 10.9 Å². The van der Waals surface area contributed by atoms with Crippen LogP contribution in [0.1, 0.15) is 24.8 Å². The molecule has 0 aliphatic rings. The van der Waals surface area contributed by atoms with Crippen molar-refractivity contribution >= 4 is 46.4 Å². The van der Waals surface area contributed by atoms with Crippen LogP contribution in [0, 0.1) is 0 Å². The number of fused-ring (bicyclic) bond motifs is 1. The molecular weight excluding hydrogens is 474 g/mol. The van der Waals surface area contributed by atoms with Gasteiger partial charge in [0.2, 0.25) is 29.5 Å². The van der Waals surface area contributed by atoms with Gasteiger partial charge in [-0.15, -0.1) is 0 Å². The first-order valence-corrected chi connectivity index (χ1v) is 11.0. The summed E-state index contributed by atoms with van der Waals surface area (Å²) in [6, 6.07) is 2.95. The second-order valence-electron chi connectivity index (χ2n) is 8.02. The number of nitrogens with two attached hydrogens (primary N) is 3. The summed E-state index contributed by atoms with van der Waals surface area (Å²) in [4.78, 5) is 74.9. The largest absolute Gasteiger partial charge is 0.480 e. The first-order chi connectivity index (χ1) is 17.0. The highest BCUT2D eigenvalue weighted by atomic mass is 16.4. The van der Waals surface area contributed by atoms with Crippen LogP contribution >= 0.6 is 0 Å². The summed E-state index contributed by atoms with van der Waals surface area (Å²) in [5.41, 5.74) is 17.0. The van der Waals surface area contributed by atoms with Gasteiger partial charge in [0.05, 0.1) is 13.0 Å². The molecule has 0 saturated heterocycles. The van der Waals surface area contributed by atoms with Crippen molar-refractivity contribution in [3.63, 3.8) is 0 Å². The highest BCUT2D eigenvalue weighted by Crippen LogP contribution is 2.19. The van der Waals surface area contributed by atoms with Crippen molar-refractivity contribution in [2.45, 2.75) is 43.8 Å². The van der Waals surface area contributed by atoms with Crippen LogP contribution in [0.15, 0.2) is 30.5 Å². The maximum absolute atomic E-state index is 12.9. The molecule has 11 N–H and O–H groups in total. The van der Waals surface area contributed by atoms with Crippen molar-refractivity contribution in [3.8, 4) is 0 Å². The van der Waals surface area contributed by atoms with E-state index in [1.165, 1.54) is 0 Å². The predicted octanol–water partition coefficient (Wildman–Crippen LogP) is -2.65. The van der Waals surface area contributed by atoms with Crippen molar-refractivity contribution in [2.75, 3.05) is 6.54 Å². The molecule has 2 rings (SSSR count). The maximum atomic E-state index is 12.9. The van der Waals surface area contributed by atoms with E-state index < -0.39 is 66.6 Å². The third kappa shape index (κ3) is 8.09. The average molecular weight is 504 g/mol. The van der Waals surface area contributed by atoms with Gasteiger partial charge in [0.1, 0.15) is 18.1 Å². The molecule has 3 unspecified atom stereocenters. The number of amides is 5. The number of carbonyl (C=O) groups excluding carboxylic acids is 5. The number of aliphatic carboxylic acids is 1. The quantitative estimate of drug-likeness (QED) is 0.135. The van der Waals surface area contributed by atoms with E-state index in [1.807, 2.05) is 12.1 Å². The second kappa shape index (κ2) is 12.9. The van der Waals surface area contributed by atoms with Gasteiger partial charge in [-0.2, -0.15) is 0 Å². The van der Waals surface area contributed by atoms with Gasteiger partial charge < -0.3 is 43.2 Å². The van der Waals surface area contributed by atoms with Crippen molar-refractivity contribution in [1.82, 2.24) is 20.9 Å². The number of nitrogens with one attached hydrogen (secondary N) is 4. The van der Waals surface area contributed by atoms with Gasteiger partial charge in [0.15, 0.2) is 0 Å². The molecule has 0 radical (unpaired) electrons. The van der Waals surface area contributed by atoms with Crippen molar-refractivity contribution in [3.05, 3.63) is 36.0 Å². The molecule has 14 nitrogen and oxygen atoms in total. The number of benzene rings is 1. The Hall–Kier alpha value is -4.46. The van der Waals surface area contributed by atoms with Crippen LogP contribution in [0.2, 0.25) is 0 Å². The summed E-state index contributed by atoms with van der Waals surface area (Å²) in [7, 11) is 0. The Morgan fingerprint density at radius 2 is 1.53 bits per heavy atom. The van der Waals surface area contributed by atoms with E-state index in [4.69, 9.17) is 17.2 Å². The molecule has 1 aromatic heterocycles. The summed E-state index contributed by atoms with van der Waals surface area (Å²) in [5.74, 6) is -5.62. The van der Waals surface area contributed by atoms with Gasteiger partial charge in [0.25, 0.3) is 0 Å². The van der Waals surface area contributed by atoms with Crippen LogP contribution in [0.5, 0.6) is 0 Å².